The summed E-state index contributed by atoms with van der Waals surface area (Å²) in [5, 5.41) is 0. The van der Waals surface area contributed by atoms with Gasteiger partial charge < -0.3 is 9.47 Å². The van der Waals surface area contributed by atoms with E-state index in [1.165, 1.54) is 4.90 Å². The van der Waals surface area contributed by atoms with Crippen molar-refractivity contribution in [2.24, 2.45) is 0 Å². The summed E-state index contributed by atoms with van der Waals surface area (Å²) in [7, 11) is 3.16. The van der Waals surface area contributed by atoms with Crippen molar-refractivity contribution < 1.29 is 19.1 Å². The number of amides is 3. The van der Waals surface area contributed by atoms with Gasteiger partial charge in [-0.3, -0.25) is 9.69 Å². The number of imide groups is 1. The molecule has 0 saturated carbocycles. The molecule has 1 aliphatic rings. The Kier molecular flexibility index (Phi) is 6.22. The first kappa shape index (κ1) is 21.2. The lowest BCUT2D eigenvalue weighted by Crippen LogP contribution is -2.57. The van der Waals surface area contributed by atoms with Crippen molar-refractivity contribution in [3.8, 4) is 11.5 Å². The van der Waals surface area contributed by atoms with E-state index in [0.29, 0.717) is 22.9 Å². The number of benzene rings is 3. The Morgan fingerprint density at radius 1 is 0.781 bits per heavy atom. The minimum absolute atomic E-state index is 0.160. The lowest BCUT2D eigenvalue weighted by Gasteiger charge is -2.39. The maximum Gasteiger partial charge on any atom is 0.336 e. The topological polar surface area (TPSA) is 59.1 Å². The number of hydrogen-bond donors (Lipinski definition) is 0. The van der Waals surface area contributed by atoms with Gasteiger partial charge in [-0.1, -0.05) is 42.5 Å². The minimum atomic E-state index is -0.418. The lowest BCUT2D eigenvalue weighted by atomic mass is 10.0. The fourth-order valence-corrected chi connectivity index (χ4v) is 3.69. The molecule has 0 spiro atoms. The molecule has 0 aliphatic carbocycles. The molecular weight excluding hydrogens is 404 g/mol. The third-order valence-electron chi connectivity index (χ3n) is 5.35. The molecule has 3 aromatic rings. The summed E-state index contributed by atoms with van der Waals surface area (Å²) in [6.45, 7) is 0. The van der Waals surface area contributed by atoms with E-state index < -0.39 is 12.1 Å². The second-order valence-electron chi connectivity index (χ2n) is 7.32. The van der Waals surface area contributed by atoms with E-state index in [4.69, 9.17) is 9.47 Å². The summed E-state index contributed by atoms with van der Waals surface area (Å²) in [6.07, 6.45) is 4.00. The van der Waals surface area contributed by atoms with Crippen LogP contribution in [0.15, 0.2) is 84.9 Å². The number of carbonyl (C=O) groups is 2. The standard InChI is InChI=1S/C26H24N2O4/c1-31-23-14-10-20(11-15-23)27-22(9-8-19-6-4-3-5-7-19)18-25(29)28(26(27)30)21-12-16-24(32-2)17-13-21/h3-17,22H,18H2,1-2H3/b9-8+. The molecule has 3 aromatic carbocycles. The van der Waals surface area contributed by atoms with Gasteiger partial charge in [0.2, 0.25) is 5.91 Å². The predicted octanol–water partition coefficient (Wildman–Crippen LogP) is 5.15. The van der Waals surface area contributed by atoms with Crippen LogP contribution in [0, 0.1) is 0 Å². The molecule has 0 aromatic heterocycles. The van der Waals surface area contributed by atoms with Crippen LogP contribution in [0.1, 0.15) is 12.0 Å². The van der Waals surface area contributed by atoms with Crippen LogP contribution in [0.25, 0.3) is 6.08 Å². The fourth-order valence-electron chi connectivity index (χ4n) is 3.69. The zero-order chi connectivity index (χ0) is 22.5. The van der Waals surface area contributed by atoms with Crippen molar-refractivity contribution in [2.75, 3.05) is 24.0 Å². The van der Waals surface area contributed by atoms with Crippen molar-refractivity contribution in [3.05, 3.63) is 90.5 Å². The van der Waals surface area contributed by atoms with Gasteiger partial charge in [-0.2, -0.15) is 0 Å². The Hall–Kier alpha value is -4.06. The van der Waals surface area contributed by atoms with E-state index in [9.17, 15) is 9.59 Å². The van der Waals surface area contributed by atoms with Crippen LogP contribution in [-0.2, 0) is 4.79 Å². The van der Waals surface area contributed by atoms with E-state index in [1.807, 2.05) is 54.6 Å². The third kappa shape index (κ3) is 4.34. The Morgan fingerprint density at radius 2 is 1.34 bits per heavy atom. The zero-order valence-corrected chi connectivity index (χ0v) is 18.0. The predicted molar refractivity (Wildman–Crippen MR) is 125 cm³/mol. The van der Waals surface area contributed by atoms with Gasteiger partial charge in [0.15, 0.2) is 0 Å². The first-order valence-electron chi connectivity index (χ1n) is 10.3. The van der Waals surface area contributed by atoms with Crippen LogP contribution in [0.5, 0.6) is 11.5 Å². The number of methoxy groups -OCH3 is 2. The minimum Gasteiger partial charge on any atom is -0.497 e. The smallest absolute Gasteiger partial charge is 0.336 e. The van der Waals surface area contributed by atoms with Crippen LogP contribution in [-0.4, -0.2) is 32.2 Å². The van der Waals surface area contributed by atoms with E-state index >= 15 is 0 Å². The second-order valence-corrected chi connectivity index (χ2v) is 7.32. The first-order valence-corrected chi connectivity index (χ1v) is 10.3. The highest BCUT2D eigenvalue weighted by Crippen LogP contribution is 2.31. The molecule has 4 rings (SSSR count). The summed E-state index contributed by atoms with van der Waals surface area (Å²) < 4.78 is 10.4. The second kappa shape index (κ2) is 9.39. The largest absolute Gasteiger partial charge is 0.497 e. The number of ether oxygens (including phenoxy) is 2. The average molecular weight is 428 g/mol. The number of rotatable bonds is 6. The van der Waals surface area contributed by atoms with Crippen LogP contribution in [0.3, 0.4) is 0 Å². The normalized spacial score (nSPS) is 16.5. The maximum atomic E-state index is 13.6. The molecule has 1 saturated heterocycles. The maximum absolute atomic E-state index is 13.6. The highest BCUT2D eigenvalue weighted by atomic mass is 16.5. The number of nitrogens with zero attached hydrogens (tertiary/aromatic N) is 2. The fraction of sp³-hybridized carbons (Fsp3) is 0.154. The van der Waals surface area contributed by atoms with E-state index in [0.717, 1.165) is 5.56 Å². The molecule has 32 heavy (non-hydrogen) atoms. The monoisotopic (exact) mass is 428 g/mol. The Bertz CT molecular complexity index is 1110. The quantitative estimate of drug-likeness (QED) is 0.545. The number of carbonyl (C=O) groups excluding carboxylic acids is 2. The summed E-state index contributed by atoms with van der Waals surface area (Å²) in [6, 6.07) is 23.1. The highest BCUT2D eigenvalue weighted by molar-refractivity contribution is 6.22. The molecule has 0 bridgehead atoms. The van der Waals surface area contributed by atoms with Gasteiger partial charge in [0, 0.05) is 5.69 Å². The zero-order valence-electron chi connectivity index (χ0n) is 18.0. The Labute approximate surface area is 187 Å². The van der Waals surface area contributed by atoms with Crippen LogP contribution >= 0.6 is 0 Å². The molecule has 6 heteroatoms. The van der Waals surface area contributed by atoms with Crippen LogP contribution in [0.2, 0.25) is 0 Å². The molecular formula is C26H24N2O4. The van der Waals surface area contributed by atoms with Crippen molar-refractivity contribution in [1.82, 2.24) is 0 Å². The molecule has 1 aliphatic heterocycles. The summed E-state index contributed by atoms with van der Waals surface area (Å²) in [4.78, 5) is 29.5. The first-order chi connectivity index (χ1) is 15.6. The highest BCUT2D eigenvalue weighted by Gasteiger charge is 2.39. The van der Waals surface area contributed by atoms with Crippen molar-refractivity contribution in [1.29, 1.82) is 0 Å². The van der Waals surface area contributed by atoms with E-state index in [2.05, 4.69) is 0 Å². The average Bonchev–Trinajstić information content (AvgIpc) is 2.84. The summed E-state index contributed by atoms with van der Waals surface area (Å²) in [5.74, 6) is 1.09. The van der Waals surface area contributed by atoms with Gasteiger partial charge >= 0.3 is 6.03 Å². The van der Waals surface area contributed by atoms with E-state index in [1.54, 1.807) is 55.5 Å². The number of urea groups is 1. The third-order valence-corrected chi connectivity index (χ3v) is 5.35. The molecule has 1 heterocycles. The molecule has 6 nitrogen and oxygen atoms in total. The summed E-state index contributed by atoms with van der Waals surface area (Å²) >= 11 is 0. The van der Waals surface area contributed by atoms with Crippen molar-refractivity contribution in [2.45, 2.75) is 12.5 Å². The van der Waals surface area contributed by atoms with Crippen LogP contribution < -0.4 is 19.3 Å². The molecule has 1 unspecified atom stereocenters. The lowest BCUT2D eigenvalue weighted by molar-refractivity contribution is -0.118. The SMILES string of the molecule is COc1ccc(N2C(=O)CC(/C=C/c3ccccc3)N(c3ccc(OC)cc3)C2=O)cc1. The molecule has 162 valence electrons. The molecule has 1 fully saturated rings. The molecule has 1 atom stereocenters. The molecule has 3 amide bonds. The van der Waals surface area contributed by atoms with Gasteiger partial charge in [-0.25, -0.2) is 9.69 Å². The van der Waals surface area contributed by atoms with Crippen molar-refractivity contribution >= 4 is 29.4 Å². The van der Waals surface area contributed by atoms with Gasteiger partial charge in [0.25, 0.3) is 0 Å². The Balaban J connectivity index is 1.70. The van der Waals surface area contributed by atoms with Gasteiger partial charge in [-0.05, 0) is 54.1 Å². The van der Waals surface area contributed by atoms with Gasteiger partial charge in [0.1, 0.15) is 11.5 Å². The van der Waals surface area contributed by atoms with Gasteiger partial charge in [-0.15, -0.1) is 0 Å². The summed E-state index contributed by atoms with van der Waals surface area (Å²) in [5.41, 5.74) is 2.19. The van der Waals surface area contributed by atoms with Gasteiger partial charge in [0.05, 0.1) is 32.4 Å². The Morgan fingerprint density at radius 3 is 1.91 bits per heavy atom. The number of hydrogen-bond acceptors (Lipinski definition) is 4. The van der Waals surface area contributed by atoms with E-state index in [-0.39, 0.29) is 12.3 Å². The van der Waals surface area contributed by atoms with Crippen LogP contribution in [0.4, 0.5) is 16.2 Å². The molecule has 0 N–H and O–H groups in total. The van der Waals surface area contributed by atoms with Crippen molar-refractivity contribution in [3.63, 3.8) is 0 Å². The number of anilines is 2. The molecule has 0 radical (unpaired) electrons.